The van der Waals surface area contributed by atoms with Gasteiger partial charge in [-0.1, -0.05) is 36.1 Å². The SMILES string of the molecule is CCNCc1cnc(Sc2nnc(SC)s2)c(C)c1. The van der Waals surface area contributed by atoms with Gasteiger partial charge in [0.15, 0.2) is 8.68 Å². The van der Waals surface area contributed by atoms with Crippen molar-refractivity contribution in [1.82, 2.24) is 20.5 Å². The Labute approximate surface area is 125 Å². The number of nitrogens with one attached hydrogen (secondary N) is 1. The molecule has 0 atom stereocenters. The van der Waals surface area contributed by atoms with E-state index in [0.717, 1.165) is 26.8 Å². The molecule has 0 aliphatic rings. The summed E-state index contributed by atoms with van der Waals surface area (Å²) < 4.78 is 1.93. The number of rotatable bonds is 6. The van der Waals surface area contributed by atoms with E-state index in [1.165, 1.54) is 11.1 Å². The van der Waals surface area contributed by atoms with Crippen LogP contribution in [-0.2, 0) is 6.54 Å². The van der Waals surface area contributed by atoms with Crippen LogP contribution in [0.2, 0.25) is 0 Å². The van der Waals surface area contributed by atoms with E-state index in [1.807, 2.05) is 12.5 Å². The van der Waals surface area contributed by atoms with Gasteiger partial charge in [-0.15, -0.1) is 10.2 Å². The maximum atomic E-state index is 4.52. The van der Waals surface area contributed by atoms with Crippen LogP contribution in [0.5, 0.6) is 0 Å². The molecular formula is C12H16N4S3. The van der Waals surface area contributed by atoms with Crippen LogP contribution in [0.15, 0.2) is 26.0 Å². The third-order valence-electron chi connectivity index (χ3n) is 2.41. The molecule has 2 aromatic rings. The lowest BCUT2D eigenvalue weighted by Crippen LogP contribution is -2.12. The highest BCUT2D eigenvalue weighted by Gasteiger charge is 2.09. The largest absolute Gasteiger partial charge is 0.313 e. The summed E-state index contributed by atoms with van der Waals surface area (Å²) >= 11 is 4.81. The number of hydrogen-bond acceptors (Lipinski definition) is 7. The van der Waals surface area contributed by atoms with E-state index in [1.54, 1.807) is 34.9 Å². The molecule has 0 spiro atoms. The Bertz CT molecular complexity index is 542. The molecule has 4 nitrogen and oxygen atoms in total. The van der Waals surface area contributed by atoms with Crippen molar-refractivity contribution < 1.29 is 0 Å². The van der Waals surface area contributed by atoms with Gasteiger partial charge in [-0.05, 0) is 42.6 Å². The first-order valence-corrected chi connectivity index (χ1v) is 8.80. The summed E-state index contributed by atoms with van der Waals surface area (Å²) in [6, 6.07) is 2.18. The van der Waals surface area contributed by atoms with Gasteiger partial charge in [0.2, 0.25) is 0 Å². The minimum atomic E-state index is 0.866. The van der Waals surface area contributed by atoms with Crippen LogP contribution >= 0.6 is 34.9 Å². The Hall–Kier alpha value is -0.630. The Balaban J connectivity index is 2.08. The summed E-state index contributed by atoms with van der Waals surface area (Å²) in [6.45, 7) is 6.02. The molecule has 19 heavy (non-hydrogen) atoms. The van der Waals surface area contributed by atoms with Gasteiger partial charge in [0.25, 0.3) is 0 Å². The van der Waals surface area contributed by atoms with Crippen LogP contribution in [0, 0.1) is 6.92 Å². The van der Waals surface area contributed by atoms with Crippen molar-refractivity contribution >= 4 is 34.9 Å². The van der Waals surface area contributed by atoms with E-state index in [9.17, 15) is 0 Å². The fourth-order valence-electron chi connectivity index (χ4n) is 1.50. The van der Waals surface area contributed by atoms with Gasteiger partial charge in [0, 0.05) is 12.7 Å². The highest BCUT2D eigenvalue weighted by atomic mass is 32.2. The maximum Gasteiger partial charge on any atom is 0.181 e. The number of nitrogens with zero attached hydrogens (tertiary/aromatic N) is 3. The van der Waals surface area contributed by atoms with Crippen LogP contribution in [0.25, 0.3) is 0 Å². The van der Waals surface area contributed by atoms with Crippen molar-refractivity contribution in [3.63, 3.8) is 0 Å². The molecule has 102 valence electrons. The molecule has 0 aliphatic heterocycles. The molecule has 0 unspecified atom stereocenters. The highest BCUT2D eigenvalue weighted by Crippen LogP contribution is 2.33. The molecule has 2 rings (SSSR count). The van der Waals surface area contributed by atoms with Gasteiger partial charge in [-0.2, -0.15) is 0 Å². The standard InChI is InChI=1S/C12H16N4S3/c1-4-13-6-9-5-8(2)10(14-7-9)18-12-16-15-11(17-3)19-12/h5,7,13H,4,6H2,1-3H3. The first kappa shape index (κ1) is 14.8. The lowest BCUT2D eigenvalue weighted by molar-refractivity contribution is 0.721. The molecule has 7 heteroatoms. The second-order valence-corrected chi connectivity index (χ2v) is 7.15. The average molecular weight is 312 g/mol. The summed E-state index contributed by atoms with van der Waals surface area (Å²) in [5.74, 6) is 0. The van der Waals surface area contributed by atoms with Gasteiger partial charge in [0.05, 0.1) is 0 Å². The van der Waals surface area contributed by atoms with E-state index in [4.69, 9.17) is 0 Å². The third-order valence-corrected chi connectivity index (χ3v) is 5.48. The normalized spacial score (nSPS) is 10.9. The molecule has 0 saturated carbocycles. The van der Waals surface area contributed by atoms with Gasteiger partial charge >= 0.3 is 0 Å². The second kappa shape index (κ2) is 7.23. The van der Waals surface area contributed by atoms with E-state index in [-0.39, 0.29) is 0 Å². The average Bonchev–Trinajstić information content (AvgIpc) is 2.87. The molecule has 0 fully saturated rings. The molecule has 1 N–H and O–H groups in total. The van der Waals surface area contributed by atoms with E-state index < -0.39 is 0 Å². The van der Waals surface area contributed by atoms with Crippen molar-refractivity contribution in [3.8, 4) is 0 Å². The van der Waals surface area contributed by atoms with Crippen molar-refractivity contribution in [2.45, 2.75) is 34.1 Å². The number of hydrogen-bond donors (Lipinski definition) is 1. The summed E-state index contributed by atoms with van der Waals surface area (Å²) in [5.41, 5.74) is 2.40. The summed E-state index contributed by atoms with van der Waals surface area (Å²) in [5, 5.41) is 12.6. The first-order chi connectivity index (χ1) is 9.22. The molecule has 2 aromatic heterocycles. The summed E-state index contributed by atoms with van der Waals surface area (Å²) in [7, 11) is 0. The van der Waals surface area contributed by atoms with Crippen molar-refractivity contribution in [1.29, 1.82) is 0 Å². The summed E-state index contributed by atoms with van der Waals surface area (Å²) in [6.07, 6.45) is 3.93. The molecule has 0 radical (unpaired) electrons. The third kappa shape index (κ3) is 4.17. The molecular weight excluding hydrogens is 296 g/mol. The van der Waals surface area contributed by atoms with Gasteiger partial charge in [-0.25, -0.2) is 4.98 Å². The number of thioether (sulfide) groups is 1. The Morgan fingerprint density at radius 1 is 1.32 bits per heavy atom. The van der Waals surface area contributed by atoms with Crippen LogP contribution in [0.3, 0.4) is 0 Å². The van der Waals surface area contributed by atoms with E-state index >= 15 is 0 Å². The molecule has 2 heterocycles. The zero-order chi connectivity index (χ0) is 13.7. The molecule has 0 aromatic carbocycles. The second-order valence-electron chi connectivity index (χ2n) is 3.89. The maximum absolute atomic E-state index is 4.52. The zero-order valence-corrected chi connectivity index (χ0v) is 13.6. The van der Waals surface area contributed by atoms with Crippen LogP contribution < -0.4 is 5.32 Å². The van der Waals surface area contributed by atoms with Crippen LogP contribution in [-0.4, -0.2) is 28.0 Å². The highest BCUT2D eigenvalue weighted by molar-refractivity contribution is 8.03. The first-order valence-electron chi connectivity index (χ1n) is 5.94. The Morgan fingerprint density at radius 2 is 2.11 bits per heavy atom. The summed E-state index contributed by atoms with van der Waals surface area (Å²) in [4.78, 5) is 4.52. The number of aryl methyl sites for hydroxylation is 1. The lowest BCUT2D eigenvalue weighted by atomic mass is 10.2. The fraction of sp³-hybridized carbons (Fsp3) is 0.417. The van der Waals surface area contributed by atoms with Gasteiger partial charge in [0.1, 0.15) is 5.03 Å². The number of pyridine rings is 1. The molecule has 0 bridgehead atoms. The quantitative estimate of drug-likeness (QED) is 0.827. The van der Waals surface area contributed by atoms with E-state index in [0.29, 0.717) is 0 Å². The van der Waals surface area contributed by atoms with Gasteiger partial charge in [-0.3, -0.25) is 0 Å². The molecule has 0 saturated heterocycles. The zero-order valence-electron chi connectivity index (χ0n) is 11.1. The van der Waals surface area contributed by atoms with Crippen LogP contribution in [0.4, 0.5) is 0 Å². The van der Waals surface area contributed by atoms with Crippen molar-refractivity contribution in [2.75, 3.05) is 12.8 Å². The molecule has 0 aliphatic carbocycles. The van der Waals surface area contributed by atoms with Crippen LogP contribution in [0.1, 0.15) is 18.1 Å². The Morgan fingerprint density at radius 3 is 2.74 bits per heavy atom. The van der Waals surface area contributed by atoms with Crippen molar-refractivity contribution in [2.24, 2.45) is 0 Å². The lowest BCUT2D eigenvalue weighted by Gasteiger charge is -2.06. The topological polar surface area (TPSA) is 50.7 Å². The Kier molecular flexibility index (Phi) is 5.62. The monoisotopic (exact) mass is 312 g/mol. The number of aromatic nitrogens is 3. The van der Waals surface area contributed by atoms with E-state index in [2.05, 4.69) is 40.4 Å². The smallest absolute Gasteiger partial charge is 0.181 e. The predicted molar refractivity (Wildman–Crippen MR) is 82.2 cm³/mol. The minimum absolute atomic E-state index is 0.866. The van der Waals surface area contributed by atoms with Gasteiger partial charge < -0.3 is 5.32 Å². The fourth-order valence-corrected chi connectivity index (χ4v) is 3.87. The minimum Gasteiger partial charge on any atom is -0.313 e. The molecule has 0 amide bonds. The predicted octanol–water partition coefficient (Wildman–Crippen LogP) is 3.22. The van der Waals surface area contributed by atoms with Crippen molar-refractivity contribution in [3.05, 3.63) is 23.4 Å².